The molecule has 1 aromatic rings. The van der Waals surface area contributed by atoms with Gasteiger partial charge in [-0.25, -0.2) is 0 Å². The third kappa shape index (κ3) is 2.92. The minimum absolute atomic E-state index is 0.0825. The van der Waals surface area contributed by atoms with E-state index in [-0.39, 0.29) is 24.1 Å². The van der Waals surface area contributed by atoms with Crippen molar-refractivity contribution < 1.29 is 14.8 Å². The molecule has 5 heteroatoms. The van der Waals surface area contributed by atoms with Gasteiger partial charge in [-0.2, -0.15) is 0 Å². The van der Waals surface area contributed by atoms with Crippen LogP contribution in [0.5, 0.6) is 5.75 Å². The Morgan fingerprint density at radius 2 is 2.20 bits per heavy atom. The molecular weight excluding hydrogens is 198 g/mol. The van der Waals surface area contributed by atoms with Crippen molar-refractivity contribution in [3.63, 3.8) is 0 Å². The van der Waals surface area contributed by atoms with Crippen LogP contribution < -0.4 is 4.74 Å². The van der Waals surface area contributed by atoms with Crippen LogP contribution in [0.2, 0.25) is 0 Å². The number of hydrogen-bond acceptors (Lipinski definition) is 4. The van der Waals surface area contributed by atoms with E-state index >= 15 is 0 Å². The van der Waals surface area contributed by atoms with Gasteiger partial charge in [-0.3, -0.25) is 10.1 Å². The van der Waals surface area contributed by atoms with E-state index < -0.39 is 4.92 Å². The minimum Gasteiger partial charge on any atom is -0.484 e. The molecule has 0 saturated heterocycles. The molecule has 1 rings (SSSR count). The van der Waals surface area contributed by atoms with Crippen LogP contribution in [0.4, 0.5) is 5.69 Å². The largest absolute Gasteiger partial charge is 0.484 e. The van der Waals surface area contributed by atoms with Gasteiger partial charge in [0.2, 0.25) is 0 Å². The maximum absolute atomic E-state index is 10.7. The molecule has 5 nitrogen and oxygen atoms in total. The van der Waals surface area contributed by atoms with E-state index in [2.05, 4.69) is 0 Å². The molecule has 1 N–H and O–H groups in total. The third-order valence-electron chi connectivity index (χ3n) is 1.77. The Hall–Kier alpha value is -1.62. The second-order valence-electron chi connectivity index (χ2n) is 3.38. The van der Waals surface area contributed by atoms with E-state index in [0.29, 0.717) is 5.56 Å². The lowest BCUT2D eigenvalue weighted by Gasteiger charge is -2.10. The van der Waals surface area contributed by atoms with Crippen molar-refractivity contribution in [1.29, 1.82) is 0 Å². The summed E-state index contributed by atoms with van der Waals surface area (Å²) in [6.07, 6.45) is -0.141. The molecule has 0 radical (unpaired) electrons. The van der Waals surface area contributed by atoms with Crippen molar-refractivity contribution in [1.82, 2.24) is 0 Å². The van der Waals surface area contributed by atoms with E-state index in [9.17, 15) is 10.1 Å². The number of ether oxygens (including phenoxy) is 1. The second kappa shape index (κ2) is 4.75. The number of nitro benzene ring substituents is 1. The zero-order valence-electron chi connectivity index (χ0n) is 8.64. The monoisotopic (exact) mass is 211 g/mol. The molecule has 0 saturated carbocycles. The highest BCUT2D eigenvalue weighted by Gasteiger charge is 2.16. The first kappa shape index (κ1) is 11.5. The van der Waals surface area contributed by atoms with Gasteiger partial charge in [0.05, 0.1) is 17.6 Å². The van der Waals surface area contributed by atoms with Crippen LogP contribution >= 0.6 is 0 Å². The molecule has 1 aromatic carbocycles. The SMILES string of the molecule is CC(C)Oc1cc(CO)ccc1[N+](=O)[O-]. The molecule has 0 heterocycles. The highest BCUT2D eigenvalue weighted by atomic mass is 16.6. The molecule has 0 aliphatic heterocycles. The van der Waals surface area contributed by atoms with Crippen LogP contribution in [0.3, 0.4) is 0 Å². The van der Waals surface area contributed by atoms with Gasteiger partial charge in [-0.05, 0) is 31.5 Å². The summed E-state index contributed by atoms with van der Waals surface area (Å²) in [5, 5.41) is 19.6. The smallest absolute Gasteiger partial charge is 0.310 e. The molecule has 0 aliphatic rings. The Bertz CT molecular complexity index is 362. The number of nitrogens with zero attached hydrogens (tertiary/aromatic N) is 1. The second-order valence-corrected chi connectivity index (χ2v) is 3.38. The molecule has 0 aliphatic carbocycles. The first-order valence-corrected chi connectivity index (χ1v) is 4.59. The summed E-state index contributed by atoms with van der Waals surface area (Å²) in [6.45, 7) is 3.41. The molecule has 0 fully saturated rings. The zero-order valence-corrected chi connectivity index (χ0v) is 8.64. The summed E-state index contributed by atoms with van der Waals surface area (Å²) in [4.78, 5) is 10.2. The van der Waals surface area contributed by atoms with Gasteiger partial charge in [0.1, 0.15) is 0 Å². The van der Waals surface area contributed by atoms with Gasteiger partial charge >= 0.3 is 5.69 Å². The summed E-state index contributed by atoms with van der Waals surface area (Å²) < 4.78 is 5.30. The van der Waals surface area contributed by atoms with Gasteiger partial charge < -0.3 is 9.84 Å². The van der Waals surface area contributed by atoms with E-state index in [4.69, 9.17) is 9.84 Å². The third-order valence-corrected chi connectivity index (χ3v) is 1.77. The summed E-state index contributed by atoms with van der Waals surface area (Å²) in [5.41, 5.74) is 0.511. The topological polar surface area (TPSA) is 72.6 Å². The number of aliphatic hydroxyl groups is 1. The van der Waals surface area contributed by atoms with Crippen molar-refractivity contribution in [2.24, 2.45) is 0 Å². The average Bonchev–Trinajstić information content (AvgIpc) is 2.16. The van der Waals surface area contributed by atoms with Gasteiger partial charge in [-0.1, -0.05) is 0 Å². The lowest BCUT2D eigenvalue weighted by atomic mass is 10.2. The number of hydrogen-bond donors (Lipinski definition) is 1. The highest BCUT2D eigenvalue weighted by Crippen LogP contribution is 2.28. The number of aliphatic hydroxyl groups excluding tert-OH is 1. The molecular formula is C10H13NO4. The van der Waals surface area contributed by atoms with Crippen molar-refractivity contribution in [3.05, 3.63) is 33.9 Å². The summed E-state index contributed by atoms with van der Waals surface area (Å²) in [5.74, 6) is 0.196. The van der Waals surface area contributed by atoms with Crippen LogP contribution in [0.1, 0.15) is 19.4 Å². The zero-order chi connectivity index (χ0) is 11.4. The molecule has 0 spiro atoms. The number of nitro groups is 1. The van der Waals surface area contributed by atoms with Crippen LogP contribution in [0.25, 0.3) is 0 Å². The fourth-order valence-corrected chi connectivity index (χ4v) is 1.16. The van der Waals surface area contributed by atoms with Crippen molar-refractivity contribution >= 4 is 5.69 Å². The van der Waals surface area contributed by atoms with Gasteiger partial charge in [0.25, 0.3) is 0 Å². The molecule has 82 valence electrons. The quantitative estimate of drug-likeness (QED) is 0.609. The van der Waals surface area contributed by atoms with Gasteiger partial charge in [0.15, 0.2) is 5.75 Å². The van der Waals surface area contributed by atoms with Crippen LogP contribution in [0.15, 0.2) is 18.2 Å². The molecule has 15 heavy (non-hydrogen) atoms. The van der Waals surface area contributed by atoms with Gasteiger partial charge in [0, 0.05) is 6.07 Å². The summed E-state index contributed by atoms with van der Waals surface area (Å²) >= 11 is 0. The van der Waals surface area contributed by atoms with E-state index in [1.807, 2.05) is 0 Å². The Kier molecular flexibility index (Phi) is 3.62. The van der Waals surface area contributed by atoms with Gasteiger partial charge in [-0.15, -0.1) is 0 Å². The lowest BCUT2D eigenvalue weighted by Crippen LogP contribution is -2.07. The molecule has 0 unspecified atom stereocenters. The van der Waals surface area contributed by atoms with Crippen LogP contribution in [-0.4, -0.2) is 16.1 Å². The Morgan fingerprint density at radius 3 is 2.67 bits per heavy atom. The van der Waals surface area contributed by atoms with E-state index in [0.717, 1.165) is 0 Å². The predicted octanol–water partition coefficient (Wildman–Crippen LogP) is 1.87. The van der Waals surface area contributed by atoms with Crippen molar-refractivity contribution in [2.75, 3.05) is 0 Å². The molecule has 0 bridgehead atoms. The summed E-state index contributed by atoms with van der Waals surface area (Å²) in [7, 11) is 0. The maximum atomic E-state index is 10.7. The van der Waals surface area contributed by atoms with Crippen LogP contribution in [-0.2, 0) is 6.61 Å². The Morgan fingerprint density at radius 1 is 1.53 bits per heavy atom. The van der Waals surface area contributed by atoms with Crippen molar-refractivity contribution in [3.8, 4) is 5.75 Å². The normalized spacial score (nSPS) is 10.4. The molecule has 0 amide bonds. The van der Waals surface area contributed by atoms with E-state index in [1.165, 1.54) is 18.2 Å². The molecule has 0 aromatic heterocycles. The first-order valence-electron chi connectivity index (χ1n) is 4.59. The fourth-order valence-electron chi connectivity index (χ4n) is 1.16. The minimum atomic E-state index is -0.501. The number of benzene rings is 1. The predicted molar refractivity (Wildman–Crippen MR) is 54.8 cm³/mol. The number of rotatable bonds is 4. The fraction of sp³-hybridized carbons (Fsp3) is 0.400. The summed E-state index contributed by atoms with van der Waals surface area (Å²) in [6, 6.07) is 4.33. The standard InChI is InChI=1S/C10H13NO4/c1-7(2)15-10-5-8(6-12)3-4-9(10)11(13)14/h3-5,7,12H,6H2,1-2H3. The maximum Gasteiger partial charge on any atom is 0.310 e. The Balaban J connectivity index is 3.10. The first-order chi connectivity index (χ1) is 7.04. The molecule has 0 atom stereocenters. The van der Waals surface area contributed by atoms with Crippen LogP contribution in [0, 0.1) is 10.1 Å². The Labute approximate surface area is 87.5 Å². The highest BCUT2D eigenvalue weighted by molar-refractivity contribution is 5.48. The van der Waals surface area contributed by atoms with E-state index in [1.54, 1.807) is 13.8 Å². The van der Waals surface area contributed by atoms with Crippen molar-refractivity contribution in [2.45, 2.75) is 26.6 Å². The average molecular weight is 211 g/mol. The lowest BCUT2D eigenvalue weighted by molar-refractivity contribution is -0.386.